The first-order chi connectivity index (χ1) is 9.13. The summed E-state index contributed by atoms with van der Waals surface area (Å²) in [5.74, 6) is 0.689. The van der Waals surface area contributed by atoms with Gasteiger partial charge < -0.3 is 10.1 Å². The molecular weight excluding hydrogens is 302 g/mol. The third-order valence-electron chi connectivity index (χ3n) is 2.73. The van der Waals surface area contributed by atoms with Crippen LogP contribution in [0.5, 0.6) is 5.75 Å². The molecule has 0 bridgehead atoms. The van der Waals surface area contributed by atoms with Crippen LogP contribution in [0.15, 0.2) is 18.2 Å². The van der Waals surface area contributed by atoms with Gasteiger partial charge >= 0.3 is 0 Å². The Morgan fingerprint density at radius 1 is 1.40 bits per heavy atom. The van der Waals surface area contributed by atoms with Crippen molar-refractivity contribution in [3.8, 4) is 5.75 Å². The van der Waals surface area contributed by atoms with Crippen LogP contribution in [0.25, 0.3) is 0 Å². The molecule has 0 radical (unpaired) electrons. The summed E-state index contributed by atoms with van der Waals surface area (Å²) in [6, 6.07) is 5.41. The van der Waals surface area contributed by atoms with Gasteiger partial charge in [0.1, 0.15) is 5.75 Å². The highest BCUT2D eigenvalue weighted by atomic mass is 35.5. The van der Waals surface area contributed by atoms with Crippen molar-refractivity contribution < 1.29 is 13.2 Å². The van der Waals surface area contributed by atoms with Gasteiger partial charge in [0.25, 0.3) is 10.2 Å². The van der Waals surface area contributed by atoms with Gasteiger partial charge in [-0.05, 0) is 31.5 Å². The minimum absolute atomic E-state index is 0.180. The van der Waals surface area contributed by atoms with E-state index in [9.17, 15) is 8.42 Å². The van der Waals surface area contributed by atoms with Gasteiger partial charge in [-0.25, -0.2) is 9.86 Å². The Hall–Kier alpha value is -0.860. The Morgan fingerprint density at radius 2 is 2.05 bits per heavy atom. The number of nitrogens with one attached hydrogen (secondary N) is 2. The number of rotatable bonds is 7. The van der Waals surface area contributed by atoms with Gasteiger partial charge in [0, 0.05) is 23.7 Å². The Balaban J connectivity index is 2.61. The molecular formula is C12H20ClN3O3S. The first-order valence-corrected chi connectivity index (χ1v) is 7.90. The van der Waals surface area contributed by atoms with E-state index in [0.717, 1.165) is 5.56 Å². The monoisotopic (exact) mass is 321 g/mol. The molecule has 0 aliphatic carbocycles. The highest BCUT2D eigenvalue weighted by molar-refractivity contribution is 7.87. The fourth-order valence-corrected chi connectivity index (χ4v) is 2.28. The lowest BCUT2D eigenvalue weighted by Crippen LogP contribution is -2.49. The predicted molar refractivity (Wildman–Crippen MR) is 80.0 cm³/mol. The minimum atomic E-state index is -3.69. The van der Waals surface area contributed by atoms with Gasteiger partial charge in [-0.2, -0.15) is 8.42 Å². The lowest BCUT2D eigenvalue weighted by molar-refractivity contribution is 0.382. The lowest BCUT2D eigenvalue weighted by atomic mass is 10.1. The average molecular weight is 322 g/mol. The third-order valence-corrected chi connectivity index (χ3v) is 3.63. The van der Waals surface area contributed by atoms with Crippen LogP contribution in [0, 0.1) is 0 Å². The summed E-state index contributed by atoms with van der Waals surface area (Å²) in [6.07, 6.45) is 0. The zero-order chi connectivity index (χ0) is 15.4. The van der Waals surface area contributed by atoms with Crippen LogP contribution in [0.1, 0.15) is 19.4 Å². The largest absolute Gasteiger partial charge is 0.497 e. The Bertz CT molecular complexity index is 561. The zero-order valence-electron chi connectivity index (χ0n) is 11.7. The van der Waals surface area contributed by atoms with Gasteiger partial charge in [0.2, 0.25) is 0 Å². The molecule has 1 aromatic carbocycles. The molecule has 0 aromatic heterocycles. The first kappa shape index (κ1) is 17.2. The SMILES string of the molecule is COc1ccc(CNC(C)(C)CNS(N)(=O)=O)c(Cl)c1. The Labute approximate surface area is 124 Å². The molecule has 0 spiro atoms. The normalized spacial score (nSPS) is 12.4. The third kappa shape index (κ3) is 6.06. The summed E-state index contributed by atoms with van der Waals surface area (Å²) < 4.78 is 29.1. The summed E-state index contributed by atoms with van der Waals surface area (Å²) in [7, 11) is -2.12. The number of hydrogen-bond acceptors (Lipinski definition) is 4. The molecule has 0 unspecified atom stereocenters. The molecule has 6 nitrogen and oxygen atoms in total. The summed E-state index contributed by atoms with van der Waals surface area (Å²) in [5.41, 5.74) is 0.437. The molecule has 0 heterocycles. The van der Waals surface area contributed by atoms with Crippen molar-refractivity contribution in [2.24, 2.45) is 5.14 Å². The van der Waals surface area contributed by atoms with Crippen molar-refractivity contribution in [1.82, 2.24) is 10.0 Å². The van der Waals surface area contributed by atoms with Crippen molar-refractivity contribution in [1.29, 1.82) is 0 Å². The number of halogens is 1. The van der Waals surface area contributed by atoms with E-state index >= 15 is 0 Å². The van der Waals surface area contributed by atoms with Gasteiger partial charge in [0.05, 0.1) is 7.11 Å². The number of methoxy groups -OCH3 is 1. The maximum absolute atomic E-state index is 10.9. The molecule has 0 saturated carbocycles. The molecule has 114 valence electrons. The van der Waals surface area contributed by atoms with E-state index in [1.807, 2.05) is 26.0 Å². The Morgan fingerprint density at radius 3 is 2.55 bits per heavy atom. The fourth-order valence-electron chi connectivity index (χ4n) is 1.48. The first-order valence-electron chi connectivity index (χ1n) is 5.98. The second-order valence-electron chi connectivity index (χ2n) is 5.06. The van der Waals surface area contributed by atoms with E-state index in [-0.39, 0.29) is 6.54 Å². The van der Waals surface area contributed by atoms with Crippen LogP contribution in [-0.4, -0.2) is 27.6 Å². The van der Waals surface area contributed by atoms with Crippen LogP contribution < -0.4 is 19.9 Å². The Kier molecular flexibility index (Phi) is 5.79. The zero-order valence-corrected chi connectivity index (χ0v) is 13.3. The fraction of sp³-hybridized carbons (Fsp3) is 0.500. The summed E-state index contributed by atoms with van der Waals surface area (Å²) in [5, 5.41) is 8.71. The molecule has 0 amide bonds. The van der Waals surface area contributed by atoms with E-state index < -0.39 is 15.7 Å². The molecule has 0 aliphatic heterocycles. The lowest BCUT2D eigenvalue weighted by Gasteiger charge is -2.26. The van der Waals surface area contributed by atoms with Crippen molar-refractivity contribution >= 4 is 21.8 Å². The molecule has 0 aliphatic rings. The molecule has 20 heavy (non-hydrogen) atoms. The van der Waals surface area contributed by atoms with Crippen molar-refractivity contribution in [2.45, 2.75) is 25.9 Å². The minimum Gasteiger partial charge on any atom is -0.497 e. The maximum Gasteiger partial charge on any atom is 0.274 e. The molecule has 0 saturated heterocycles. The van der Waals surface area contributed by atoms with Crippen LogP contribution in [0.2, 0.25) is 5.02 Å². The van der Waals surface area contributed by atoms with Crippen LogP contribution >= 0.6 is 11.6 Å². The number of nitrogens with two attached hydrogens (primary N) is 1. The number of hydrogen-bond donors (Lipinski definition) is 3. The second-order valence-corrected chi connectivity index (χ2v) is 6.85. The van der Waals surface area contributed by atoms with E-state index in [2.05, 4.69) is 10.0 Å². The van der Waals surface area contributed by atoms with Gasteiger partial charge in [-0.1, -0.05) is 17.7 Å². The molecule has 1 aromatic rings. The van der Waals surface area contributed by atoms with Gasteiger partial charge in [-0.3, -0.25) is 0 Å². The van der Waals surface area contributed by atoms with E-state index in [0.29, 0.717) is 17.3 Å². The highest BCUT2D eigenvalue weighted by Gasteiger charge is 2.19. The molecule has 8 heteroatoms. The number of ether oxygens (including phenoxy) is 1. The van der Waals surface area contributed by atoms with E-state index in [1.165, 1.54) is 0 Å². The van der Waals surface area contributed by atoms with Crippen LogP contribution in [-0.2, 0) is 16.8 Å². The van der Waals surface area contributed by atoms with Crippen molar-refractivity contribution in [2.75, 3.05) is 13.7 Å². The summed E-state index contributed by atoms with van der Waals surface area (Å²) in [4.78, 5) is 0. The van der Waals surface area contributed by atoms with Gasteiger partial charge in [0.15, 0.2) is 0 Å². The summed E-state index contributed by atoms with van der Waals surface area (Å²) >= 11 is 6.14. The van der Waals surface area contributed by atoms with Crippen molar-refractivity contribution in [3.63, 3.8) is 0 Å². The van der Waals surface area contributed by atoms with Crippen LogP contribution in [0.3, 0.4) is 0 Å². The standard InChI is InChI=1S/C12H20ClN3O3S/c1-12(2,8-16-20(14,17)18)15-7-9-4-5-10(19-3)6-11(9)13/h4-6,15-16H,7-8H2,1-3H3,(H2,14,17,18). The van der Waals surface area contributed by atoms with E-state index in [4.69, 9.17) is 21.5 Å². The maximum atomic E-state index is 10.9. The summed E-state index contributed by atoms with van der Waals surface area (Å²) in [6.45, 7) is 4.41. The molecule has 1 rings (SSSR count). The van der Waals surface area contributed by atoms with E-state index in [1.54, 1.807) is 13.2 Å². The van der Waals surface area contributed by atoms with Crippen LogP contribution in [0.4, 0.5) is 0 Å². The predicted octanol–water partition coefficient (Wildman–Crippen LogP) is 1.01. The molecule has 0 atom stereocenters. The molecule has 0 fully saturated rings. The molecule has 4 N–H and O–H groups in total. The van der Waals surface area contributed by atoms with Gasteiger partial charge in [-0.15, -0.1) is 0 Å². The number of benzene rings is 1. The topological polar surface area (TPSA) is 93.4 Å². The smallest absolute Gasteiger partial charge is 0.274 e. The quantitative estimate of drug-likeness (QED) is 0.698. The van der Waals surface area contributed by atoms with Crippen molar-refractivity contribution in [3.05, 3.63) is 28.8 Å². The highest BCUT2D eigenvalue weighted by Crippen LogP contribution is 2.22. The average Bonchev–Trinajstić information content (AvgIpc) is 2.34. The second kappa shape index (κ2) is 6.73.